The van der Waals surface area contributed by atoms with Gasteiger partial charge in [-0.25, -0.2) is 14.4 Å². The van der Waals surface area contributed by atoms with Crippen molar-refractivity contribution in [2.24, 2.45) is 22.7 Å². The zero-order valence-electron chi connectivity index (χ0n) is 36.6. The molecule has 2 aromatic rings. The molecule has 2 bridgehead atoms. The lowest BCUT2D eigenvalue weighted by molar-refractivity contribution is -0.323. The van der Waals surface area contributed by atoms with Gasteiger partial charge in [-0.3, -0.25) is 14.4 Å². The third-order valence-electron chi connectivity index (χ3n) is 13.6. The van der Waals surface area contributed by atoms with E-state index in [9.17, 15) is 47.4 Å². The largest absolute Gasteiger partial charge is 0.456 e. The highest BCUT2D eigenvalue weighted by atomic mass is 19.4. The van der Waals surface area contributed by atoms with Crippen LogP contribution in [-0.2, 0) is 53.8 Å². The van der Waals surface area contributed by atoms with Gasteiger partial charge in [-0.1, -0.05) is 50.2 Å². The van der Waals surface area contributed by atoms with Gasteiger partial charge in [-0.05, 0) is 81.4 Å². The van der Waals surface area contributed by atoms with Gasteiger partial charge in [0, 0.05) is 31.1 Å². The summed E-state index contributed by atoms with van der Waals surface area (Å²) < 4.78 is 77.3. The Morgan fingerprint density at radius 3 is 2.17 bits per heavy atom. The molecule has 4 aliphatic carbocycles. The van der Waals surface area contributed by atoms with Crippen LogP contribution in [0.5, 0.6) is 0 Å². The predicted octanol–water partition coefficient (Wildman–Crippen LogP) is 5.49. The van der Waals surface area contributed by atoms with Crippen molar-refractivity contribution in [1.29, 1.82) is 0 Å². The molecule has 2 aromatic carbocycles. The van der Waals surface area contributed by atoms with Crippen molar-refractivity contribution in [1.82, 2.24) is 5.32 Å². The first-order valence-corrected chi connectivity index (χ1v) is 21.0. The average molecular weight is 900 g/mol. The summed E-state index contributed by atoms with van der Waals surface area (Å²) in [4.78, 5) is 83.0. The first-order chi connectivity index (χ1) is 29.7. The third kappa shape index (κ3) is 7.84. The maximum absolute atomic E-state index is 15.5. The van der Waals surface area contributed by atoms with Crippen LogP contribution in [0.3, 0.4) is 0 Å². The van der Waals surface area contributed by atoms with Crippen molar-refractivity contribution >= 4 is 35.8 Å². The molecule has 1 spiro atoms. The Balaban J connectivity index is 1.38. The number of ether oxygens (including phenoxy) is 6. The summed E-state index contributed by atoms with van der Waals surface area (Å²) in [6.07, 6.45) is -14.4. The highest BCUT2D eigenvalue weighted by Gasteiger charge is 2.84. The topological polar surface area (TPSA) is 210 Å². The minimum absolute atomic E-state index is 0.0210. The Hall–Kier alpha value is -5.33. The number of alkyl halides is 3. The molecule has 64 heavy (non-hydrogen) atoms. The molecule has 5 aliphatic rings. The van der Waals surface area contributed by atoms with E-state index in [0.29, 0.717) is 6.07 Å². The monoisotopic (exact) mass is 899 g/mol. The number of rotatable bonds is 9. The quantitative estimate of drug-likeness (QED) is 0.162. The lowest BCUT2D eigenvalue weighted by atomic mass is 9.48. The van der Waals surface area contributed by atoms with Crippen LogP contribution < -0.4 is 5.32 Å². The average Bonchev–Trinajstić information content (AvgIpc) is 3.92. The van der Waals surface area contributed by atoms with Crippen LogP contribution in [0.1, 0.15) is 102 Å². The number of aliphatic hydroxyl groups excluding tert-OH is 1. The van der Waals surface area contributed by atoms with Gasteiger partial charge < -0.3 is 44.0 Å². The first kappa shape index (κ1) is 46.7. The van der Waals surface area contributed by atoms with Crippen LogP contribution in [0.25, 0.3) is 0 Å². The fourth-order valence-corrected chi connectivity index (χ4v) is 10.7. The number of aliphatic hydroxyl groups is 2. The molecule has 0 radical (unpaired) electrons. The summed E-state index contributed by atoms with van der Waals surface area (Å²) in [5, 5.41) is 27.9. The molecule has 15 nitrogen and oxygen atoms in total. The summed E-state index contributed by atoms with van der Waals surface area (Å²) >= 11 is 0. The molecule has 3 saturated carbocycles. The summed E-state index contributed by atoms with van der Waals surface area (Å²) in [6.45, 7) is 11.2. The van der Waals surface area contributed by atoms with E-state index in [1.165, 1.54) is 32.9 Å². The van der Waals surface area contributed by atoms with E-state index < -0.39 is 136 Å². The zero-order chi connectivity index (χ0) is 47.1. The summed E-state index contributed by atoms with van der Waals surface area (Å²) in [7, 11) is 0. The van der Waals surface area contributed by atoms with Crippen LogP contribution in [-0.4, -0.2) is 99.9 Å². The maximum Gasteiger partial charge on any atom is 0.416 e. The smallest absolute Gasteiger partial charge is 0.416 e. The maximum atomic E-state index is 15.5. The van der Waals surface area contributed by atoms with E-state index in [0.717, 1.165) is 32.0 Å². The van der Waals surface area contributed by atoms with Gasteiger partial charge in [0.05, 0.1) is 29.7 Å². The number of fused-ring (bicyclic) bond motifs is 4. The SMILES string of the molecule is CC(=O)O[C@H]1C(=O)[C@]23C[C@H]2C[C@H]2OC[C@@]2(OC(C)=O)[C@H]3[C@H](OC(=O)c2cccc(C(F)(F)F)c2)[C@]2(O)C[C@H](OC(=O)[C@H](O)[C@@H](NC(=O)OC(C)(C)C)c3ccccc3)C(C)=C1C2(C)C. The Bertz CT molecular complexity index is 2290. The van der Waals surface area contributed by atoms with Gasteiger partial charge in [0.25, 0.3) is 0 Å². The predicted molar refractivity (Wildman–Crippen MR) is 215 cm³/mol. The number of Topliss-reactive ketones (excluding diaryl/α,β-unsaturated/α-hetero) is 1. The van der Waals surface area contributed by atoms with Crippen molar-refractivity contribution in [3.05, 3.63) is 82.4 Å². The Labute approximate surface area is 366 Å². The highest BCUT2D eigenvalue weighted by molar-refractivity contribution is 5.97. The number of carbonyl (C=O) groups excluding carboxylic acids is 6. The first-order valence-electron chi connectivity index (χ1n) is 21.0. The second-order valence-electron chi connectivity index (χ2n) is 19.0. The minimum atomic E-state index is -4.86. The van der Waals surface area contributed by atoms with Crippen LogP contribution >= 0.6 is 0 Å². The molecule has 1 aliphatic heterocycles. The molecule has 1 amide bonds. The van der Waals surface area contributed by atoms with Crippen molar-refractivity contribution in [2.75, 3.05) is 6.61 Å². The van der Waals surface area contributed by atoms with Crippen molar-refractivity contribution in [2.45, 2.75) is 134 Å². The number of nitrogens with one attached hydrogen (secondary N) is 1. The molecule has 1 saturated heterocycles. The molecule has 4 fully saturated rings. The summed E-state index contributed by atoms with van der Waals surface area (Å²) in [5.74, 6) is -7.01. The number of halogens is 3. The number of benzene rings is 2. The second kappa shape index (κ2) is 16.0. The molecular weight excluding hydrogens is 847 g/mol. The van der Waals surface area contributed by atoms with Crippen LogP contribution in [0.2, 0.25) is 0 Å². The lowest BCUT2D eigenvalue weighted by Crippen LogP contribution is -2.78. The van der Waals surface area contributed by atoms with Crippen molar-refractivity contribution < 1.29 is 80.6 Å². The van der Waals surface area contributed by atoms with Gasteiger partial charge in [-0.2, -0.15) is 13.2 Å². The molecule has 18 heteroatoms. The second-order valence-corrected chi connectivity index (χ2v) is 19.0. The van der Waals surface area contributed by atoms with E-state index in [1.807, 2.05) is 0 Å². The number of amides is 1. The standard InChI is InChI=1S/C46H52F3NO14/c1-22-29(61-39(56)33(53)32(25-13-10-9-11-14-25)50-40(57)64-41(4,5)6)20-45(58)37(62-38(55)26-15-12-16-27(17-26)46(47,48)49)35-43(36(54)34(60-23(2)51)31(22)42(45,7)8)19-28(43)18-30-44(35,21-59-30)63-24(3)52/h9-17,28-30,32-35,37,53,58H,18-21H2,1-8H3,(H,50,57)/t28-,29+,30-,32+,33-,34-,35+,37+,43-,44+,45-/m1/s1. The van der Waals surface area contributed by atoms with Gasteiger partial charge in [-0.15, -0.1) is 0 Å². The fraction of sp³-hybridized carbons (Fsp3) is 0.565. The van der Waals surface area contributed by atoms with E-state index >= 15 is 4.79 Å². The van der Waals surface area contributed by atoms with Crippen molar-refractivity contribution in [3.8, 4) is 0 Å². The number of ketones is 1. The van der Waals surface area contributed by atoms with E-state index in [2.05, 4.69) is 5.32 Å². The number of hydrogen-bond donors (Lipinski definition) is 3. The molecule has 346 valence electrons. The molecule has 0 aromatic heterocycles. The lowest BCUT2D eigenvalue weighted by Gasteiger charge is -2.64. The molecule has 11 atom stereocenters. The molecule has 7 rings (SSSR count). The van der Waals surface area contributed by atoms with Crippen LogP contribution in [0.15, 0.2) is 65.7 Å². The number of alkyl carbamates (subject to hydrolysis) is 1. The fourth-order valence-electron chi connectivity index (χ4n) is 10.7. The Morgan fingerprint density at radius 2 is 1.59 bits per heavy atom. The Morgan fingerprint density at radius 1 is 0.922 bits per heavy atom. The van der Waals surface area contributed by atoms with E-state index in [1.54, 1.807) is 39.0 Å². The number of hydrogen-bond acceptors (Lipinski definition) is 14. The molecular formula is C46H52F3NO14. The highest BCUT2D eigenvalue weighted by Crippen LogP contribution is 2.74. The summed E-state index contributed by atoms with van der Waals surface area (Å²) in [6, 6.07) is 9.93. The molecule has 1 heterocycles. The number of esters is 4. The Kier molecular flexibility index (Phi) is 11.6. The third-order valence-corrected chi connectivity index (χ3v) is 13.6. The normalized spacial score (nSPS) is 32.3. The van der Waals surface area contributed by atoms with Crippen LogP contribution in [0, 0.1) is 22.7 Å². The number of carbonyl (C=O) groups is 6. The van der Waals surface area contributed by atoms with Gasteiger partial charge in [0.15, 0.2) is 23.6 Å². The van der Waals surface area contributed by atoms with E-state index in [-0.39, 0.29) is 36.2 Å². The molecule has 0 unspecified atom stereocenters. The van der Waals surface area contributed by atoms with E-state index in [4.69, 9.17) is 28.4 Å². The van der Waals surface area contributed by atoms with Crippen molar-refractivity contribution in [3.63, 3.8) is 0 Å². The zero-order valence-corrected chi connectivity index (χ0v) is 36.6. The molecule has 3 N–H and O–H groups in total. The van der Waals surface area contributed by atoms with Gasteiger partial charge in [0.1, 0.15) is 29.5 Å². The van der Waals surface area contributed by atoms with Gasteiger partial charge in [0.2, 0.25) is 0 Å². The van der Waals surface area contributed by atoms with Crippen LogP contribution in [0.4, 0.5) is 18.0 Å². The van der Waals surface area contributed by atoms with Gasteiger partial charge >= 0.3 is 36.1 Å². The minimum Gasteiger partial charge on any atom is -0.456 e. The summed E-state index contributed by atoms with van der Waals surface area (Å²) in [5.41, 5.74) is -9.89.